The summed E-state index contributed by atoms with van der Waals surface area (Å²) in [6.45, 7) is 7.45. The lowest BCUT2D eigenvalue weighted by Crippen LogP contribution is -2.35. The van der Waals surface area contributed by atoms with E-state index in [1.807, 2.05) is 23.0 Å². The molecule has 0 saturated carbocycles. The van der Waals surface area contributed by atoms with Gasteiger partial charge in [0.15, 0.2) is 0 Å². The molecule has 2 rings (SSSR count). The van der Waals surface area contributed by atoms with E-state index in [1.165, 1.54) is 0 Å². The third kappa shape index (κ3) is 4.63. The van der Waals surface area contributed by atoms with Gasteiger partial charge in [-0.15, -0.1) is 0 Å². The molecule has 0 aliphatic heterocycles. The first kappa shape index (κ1) is 15.6. The Morgan fingerprint density at radius 2 is 2.05 bits per heavy atom. The minimum atomic E-state index is 0.335. The Kier molecular flexibility index (Phi) is 5.87. The largest absolute Gasteiger partial charge is 0.313 e. The summed E-state index contributed by atoms with van der Waals surface area (Å²) in [5.41, 5.74) is 1.11. The molecule has 0 amide bonds. The highest BCUT2D eigenvalue weighted by Gasteiger charge is 2.15. The van der Waals surface area contributed by atoms with Gasteiger partial charge in [-0.1, -0.05) is 13.0 Å². The first-order valence-corrected chi connectivity index (χ1v) is 7.72. The summed E-state index contributed by atoms with van der Waals surface area (Å²) in [4.78, 5) is 8.85. The van der Waals surface area contributed by atoms with E-state index in [-0.39, 0.29) is 0 Å². The zero-order chi connectivity index (χ0) is 15.1. The van der Waals surface area contributed by atoms with Crippen molar-refractivity contribution < 1.29 is 0 Å². The van der Waals surface area contributed by atoms with Crippen molar-refractivity contribution >= 4 is 0 Å². The minimum Gasteiger partial charge on any atom is -0.313 e. The molecule has 2 heterocycles. The fourth-order valence-corrected chi connectivity index (χ4v) is 2.41. The third-order valence-electron chi connectivity index (χ3n) is 3.43. The number of pyridine rings is 1. The fourth-order valence-electron chi connectivity index (χ4n) is 2.41. The van der Waals surface area contributed by atoms with Crippen LogP contribution in [-0.4, -0.2) is 32.3 Å². The van der Waals surface area contributed by atoms with Gasteiger partial charge in [0.05, 0.1) is 0 Å². The fraction of sp³-hybridized carbons (Fsp3) is 0.562. The number of hydrogen-bond donors (Lipinski definition) is 1. The van der Waals surface area contributed by atoms with E-state index < -0.39 is 0 Å². The van der Waals surface area contributed by atoms with Crippen LogP contribution in [0.1, 0.15) is 44.8 Å². The Hall–Kier alpha value is -1.75. The van der Waals surface area contributed by atoms with Crippen LogP contribution in [0.4, 0.5) is 0 Å². The summed E-state index contributed by atoms with van der Waals surface area (Å²) < 4.78 is 2.00. The summed E-state index contributed by atoms with van der Waals surface area (Å²) in [5, 5.41) is 7.92. The summed E-state index contributed by atoms with van der Waals surface area (Å²) in [6, 6.07) is 6.74. The average molecular weight is 287 g/mol. The van der Waals surface area contributed by atoms with Gasteiger partial charge in [-0.05, 0) is 38.9 Å². The lowest BCUT2D eigenvalue weighted by Gasteiger charge is -2.19. The van der Waals surface area contributed by atoms with E-state index in [9.17, 15) is 0 Å². The molecule has 0 aliphatic carbocycles. The minimum absolute atomic E-state index is 0.335. The molecule has 0 aromatic carbocycles. The molecule has 5 nitrogen and oxygen atoms in total. The Morgan fingerprint density at radius 3 is 2.71 bits per heavy atom. The zero-order valence-electron chi connectivity index (χ0n) is 13.2. The molecular weight excluding hydrogens is 262 g/mol. The molecule has 21 heavy (non-hydrogen) atoms. The zero-order valence-corrected chi connectivity index (χ0v) is 13.2. The summed E-state index contributed by atoms with van der Waals surface area (Å²) in [7, 11) is 0. The predicted molar refractivity (Wildman–Crippen MR) is 84.1 cm³/mol. The number of nitrogens with one attached hydrogen (secondary N) is 1. The topological polar surface area (TPSA) is 55.6 Å². The van der Waals surface area contributed by atoms with Crippen molar-refractivity contribution in [2.45, 2.75) is 52.1 Å². The van der Waals surface area contributed by atoms with Crippen molar-refractivity contribution in [3.63, 3.8) is 0 Å². The van der Waals surface area contributed by atoms with Crippen molar-refractivity contribution in [3.05, 3.63) is 42.2 Å². The number of hydrogen-bond acceptors (Lipinski definition) is 4. The number of aromatic nitrogens is 4. The summed E-state index contributed by atoms with van der Waals surface area (Å²) in [5.74, 6) is 1.04. The van der Waals surface area contributed by atoms with E-state index in [2.05, 4.69) is 47.2 Å². The van der Waals surface area contributed by atoms with Crippen molar-refractivity contribution in [1.29, 1.82) is 0 Å². The van der Waals surface area contributed by atoms with E-state index in [4.69, 9.17) is 0 Å². The van der Waals surface area contributed by atoms with Gasteiger partial charge in [0.1, 0.15) is 12.2 Å². The van der Waals surface area contributed by atoms with E-state index in [0.717, 1.165) is 37.3 Å². The second-order valence-corrected chi connectivity index (χ2v) is 5.59. The maximum Gasteiger partial charge on any atom is 0.138 e. The Morgan fingerprint density at radius 1 is 1.19 bits per heavy atom. The van der Waals surface area contributed by atoms with Gasteiger partial charge < -0.3 is 5.32 Å². The Bertz CT molecular complexity index is 520. The molecule has 5 heteroatoms. The van der Waals surface area contributed by atoms with Crippen molar-refractivity contribution in [2.24, 2.45) is 0 Å². The molecule has 1 atom stereocenters. The molecule has 0 aliphatic rings. The van der Waals surface area contributed by atoms with Gasteiger partial charge in [0, 0.05) is 36.8 Å². The second kappa shape index (κ2) is 7.88. The van der Waals surface area contributed by atoms with Crippen LogP contribution in [0.2, 0.25) is 0 Å². The Balaban J connectivity index is 2.07. The predicted octanol–water partition coefficient (Wildman–Crippen LogP) is 2.41. The average Bonchev–Trinajstić information content (AvgIpc) is 2.94. The highest BCUT2D eigenvalue weighted by atomic mass is 15.3. The molecule has 1 unspecified atom stereocenters. The van der Waals surface area contributed by atoms with E-state index in [0.29, 0.717) is 12.1 Å². The van der Waals surface area contributed by atoms with Gasteiger partial charge in [0.25, 0.3) is 0 Å². The van der Waals surface area contributed by atoms with Gasteiger partial charge in [-0.25, -0.2) is 9.67 Å². The van der Waals surface area contributed by atoms with Gasteiger partial charge in [0.2, 0.25) is 0 Å². The van der Waals surface area contributed by atoms with Crippen LogP contribution in [-0.2, 0) is 12.8 Å². The lowest BCUT2D eigenvalue weighted by molar-refractivity contribution is 0.450. The monoisotopic (exact) mass is 287 g/mol. The molecule has 0 bridgehead atoms. The van der Waals surface area contributed by atoms with Crippen LogP contribution in [0.3, 0.4) is 0 Å². The quantitative estimate of drug-likeness (QED) is 0.810. The van der Waals surface area contributed by atoms with E-state index in [1.54, 1.807) is 6.33 Å². The van der Waals surface area contributed by atoms with Crippen LogP contribution >= 0.6 is 0 Å². The normalized spacial score (nSPS) is 12.8. The maximum atomic E-state index is 4.43. The van der Waals surface area contributed by atoms with Crippen LogP contribution in [0.5, 0.6) is 0 Å². The van der Waals surface area contributed by atoms with Crippen molar-refractivity contribution in [2.75, 3.05) is 6.54 Å². The Labute approximate surface area is 126 Å². The number of rotatable bonds is 8. The van der Waals surface area contributed by atoms with Gasteiger partial charge in [-0.2, -0.15) is 5.10 Å². The SMILES string of the molecule is CCCNC(Cc1ccccn1)Cc1ncnn1C(C)C. The molecule has 0 fully saturated rings. The summed E-state index contributed by atoms with van der Waals surface area (Å²) in [6.07, 6.45) is 6.39. The first-order valence-electron chi connectivity index (χ1n) is 7.72. The van der Waals surface area contributed by atoms with Crippen LogP contribution in [0.15, 0.2) is 30.7 Å². The molecule has 114 valence electrons. The molecule has 1 N–H and O–H groups in total. The van der Waals surface area contributed by atoms with Crippen molar-refractivity contribution in [1.82, 2.24) is 25.1 Å². The van der Waals surface area contributed by atoms with Crippen LogP contribution in [0, 0.1) is 0 Å². The highest BCUT2D eigenvalue weighted by molar-refractivity contribution is 5.06. The highest BCUT2D eigenvalue weighted by Crippen LogP contribution is 2.10. The van der Waals surface area contributed by atoms with Gasteiger partial charge in [-0.3, -0.25) is 4.98 Å². The first-order chi connectivity index (χ1) is 10.2. The molecule has 0 radical (unpaired) electrons. The van der Waals surface area contributed by atoms with Crippen molar-refractivity contribution in [3.8, 4) is 0 Å². The molecule has 2 aromatic rings. The van der Waals surface area contributed by atoms with E-state index >= 15 is 0 Å². The van der Waals surface area contributed by atoms with Crippen LogP contribution < -0.4 is 5.32 Å². The molecular formula is C16H25N5. The van der Waals surface area contributed by atoms with Gasteiger partial charge >= 0.3 is 0 Å². The second-order valence-electron chi connectivity index (χ2n) is 5.59. The standard InChI is InChI=1S/C16H25N5/c1-4-8-17-15(10-14-7-5-6-9-18-14)11-16-19-12-20-21(16)13(2)3/h5-7,9,12-13,15,17H,4,8,10-11H2,1-3H3. The molecule has 2 aromatic heterocycles. The lowest BCUT2D eigenvalue weighted by atomic mass is 10.1. The maximum absolute atomic E-state index is 4.43. The molecule has 0 spiro atoms. The summed E-state index contributed by atoms with van der Waals surface area (Å²) >= 11 is 0. The van der Waals surface area contributed by atoms with Crippen LogP contribution in [0.25, 0.3) is 0 Å². The molecule has 0 saturated heterocycles. The number of nitrogens with zero attached hydrogens (tertiary/aromatic N) is 4. The third-order valence-corrected chi connectivity index (χ3v) is 3.43. The smallest absolute Gasteiger partial charge is 0.138 e.